The third-order valence-corrected chi connectivity index (χ3v) is 4.94. The lowest BCUT2D eigenvalue weighted by atomic mass is 9.96. The van der Waals surface area contributed by atoms with Crippen molar-refractivity contribution in [2.45, 2.75) is 38.1 Å². The van der Waals surface area contributed by atoms with Crippen molar-refractivity contribution in [1.82, 2.24) is 0 Å². The molecule has 2 aromatic carbocycles. The number of carbonyl (C=O) groups excluding carboxylic acids is 2. The minimum atomic E-state index is -0.625. The third-order valence-electron chi connectivity index (χ3n) is 4.68. The topological polar surface area (TPSA) is 46.6 Å². The molecular weight excluding hydrogens is 350 g/mol. The summed E-state index contributed by atoms with van der Waals surface area (Å²) >= 11 is 5.92. The van der Waals surface area contributed by atoms with Gasteiger partial charge in [0.25, 0.3) is 5.91 Å². The van der Waals surface area contributed by atoms with E-state index >= 15 is 0 Å². The van der Waals surface area contributed by atoms with Crippen LogP contribution in [0.15, 0.2) is 54.6 Å². The summed E-state index contributed by atoms with van der Waals surface area (Å²) in [6.45, 7) is 3.60. The Kier molecular flexibility index (Phi) is 5.33. The monoisotopic (exact) mass is 371 g/mol. The van der Waals surface area contributed by atoms with Gasteiger partial charge in [-0.15, -0.1) is 0 Å². The molecular formula is C21H22ClNO3. The molecule has 0 atom stereocenters. The Morgan fingerprint density at radius 1 is 1.08 bits per heavy atom. The lowest BCUT2D eigenvalue weighted by Gasteiger charge is -2.27. The zero-order chi connectivity index (χ0) is 18.7. The van der Waals surface area contributed by atoms with Gasteiger partial charge in [-0.1, -0.05) is 41.9 Å². The number of carbonyl (C=O) groups is 2. The van der Waals surface area contributed by atoms with Crippen molar-refractivity contribution in [2.24, 2.45) is 0 Å². The number of anilines is 1. The summed E-state index contributed by atoms with van der Waals surface area (Å²) < 4.78 is 5.41. The fraction of sp³-hybridized carbons (Fsp3) is 0.333. The normalized spacial score (nSPS) is 14.8. The van der Waals surface area contributed by atoms with Crippen LogP contribution in [0, 0.1) is 0 Å². The van der Waals surface area contributed by atoms with Gasteiger partial charge in [-0.25, -0.2) is 0 Å². The van der Waals surface area contributed by atoms with Gasteiger partial charge >= 0.3 is 5.97 Å². The number of ether oxygens (including phenoxy) is 1. The fourth-order valence-electron chi connectivity index (χ4n) is 3.16. The molecule has 1 amide bonds. The minimum Gasteiger partial charge on any atom is -0.455 e. The zero-order valence-corrected chi connectivity index (χ0v) is 15.7. The first-order valence-corrected chi connectivity index (χ1v) is 9.12. The Morgan fingerprint density at radius 2 is 1.69 bits per heavy atom. The second-order valence-electron chi connectivity index (χ2n) is 6.86. The molecule has 0 aliphatic heterocycles. The Morgan fingerprint density at radius 3 is 2.23 bits per heavy atom. The van der Waals surface area contributed by atoms with E-state index in [-0.39, 0.29) is 24.5 Å². The summed E-state index contributed by atoms with van der Waals surface area (Å²) in [6.07, 6.45) is 1.46. The van der Waals surface area contributed by atoms with Crippen LogP contribution in [-0.4, -0.2) is 24.5 Å². The molecule has 0 heterocycles. The van der Waals surface area contributed by atoms with Gasteiger partial charge in [0.1, 0.15) is 0 Å². The number of hydrogen-bond donors (Lipinski definition) is 0. The predicted molar refractivity (Wildman–Crippen MR) is 102 cm³/mol. The molecule has 1 fully saturated rings. The van der Waals surface area contributed by atoms with Crippen LogP contribution in [0.3, 0.4) is 0 Å². The number of esters is 1. The maximum absolute atomic E-state index is 12.6. The molecule has 26 heavy (non-hydrogen) atoms. The van der Waals surface area contributed by atoms with Gasteiger partial charge in [-0.2, -0.15) is 0 Å². The molecule has 0 radical (unpaired) electrons. The number of halogens is 1. The third kappa shape index (κ3) is 3.75. The standard InChI is InChI=1S/C21H22ClNO3/c1-15(2)23(18-6-4-3-5-7-18)19(24)14-26-20(25)21(12-13-21)16-8-10-17(22)11-9-16/h3-11,15H,12-14H2,1-2H3. The van der Waals surface area contributed by atoms with Crippen LogP contribution < -0.4 is 4.90 Å². The van der Waals surface area contributed by atoms with E-state index < -0.39 is 5.41 Å². The molecule has 0 bridgehead atoms. The molecule has 4 nitrogen and oxygen atoms in total. The maximum atomic E-state index is 12.6. The highest BCUT2D eigenvalue weighted by Gasteiger charge is 2.53. The van der Waals surface area contributed by atoms with Crippen molar-refractivity contribution in [2.75, 3.05) is 11.5 Å². The van der Waals surface area contributed by atoms with Gasteiger partial charge in [-0.05, 0) is 56.5 Å². The Hall–Kier alpha value is -2.33. The van der Waals surface area contributed by atoms with Crippen LogP contribution in [0.2, 0.25) is 5.02 Å². The lowest BCUT2D eigenvalue weighted by molar-refractivity contribution is -0.150. The molecule has 0 saturated heterocycles. The maximum Gasteiger partial charge on any atom is 0.317 e. The van der Waals surface area contributed by atoms with E-state index in [1.807, 2.05) is 56.3 Å². The molecule has 1 aliphatic rings. The van der Waals surface area contributed by atoms with Gasteiger partial charge in [0.05, 0.1) is 5.41 Å². The van der Waals surface area contributed by atoms with E-state index in [1.54, 1.807) is 17.0 Å². The molecule has 5 heteroatoms. The van der Waals surface area contributed by atoms with Gasteiger partial charge in [-0.3, -0.25) is 9.59 Å². The fourth-order valence-corrected chi connectivity index (χ4v) is 3.28. The van der Waals surface area contributed by atoms with E-state index in [2.05, 4.69) is 0 Å². The summed E-state index contributed by atoms with van der Waals surface area (Å²) in [5.74, 6) is -0.573. The van der Waals surface area contributed by atoms with Crippen molar-refractivity contribution in [3.63, 3.8) is 0 Å². The van der Waals surface area contributed by atoms with Crippen LogP contribution >= 0.6 is 11.6 Å². The summed E-state index contributed by atoms with van der Waals surface area (Å²) in [5.41, 5.74) is 1.06. The van der Waals surface area contributed by atoms with Crippen LogP contribution in [0.1, 0.15) is 32.3 Å². The molecule has 0 aromatic heterocycles. The average Bonchev–Trinajstić information content (AvgIpc) is 3.43. The van der Waals surface area contributed by atoms with Gasteiger partial charge in [0, 0.05) is 16.8 Å². The first-order chi connectivity index (χ1) is 12.4. The van der Waals surface area contributed by atoms with Crippen LogP contribution in [-0.2, 0) is 19.7 Å². The summed E-state index contributed by atoms with van der Waals surface area (Å²) in [7, 11) is 0. The van der Waals surface area contributed by atoms with Crippen molar-refractivity contribution in [1.29, 1.82) is 0 Å². The van der Waals surface area contributed by atoms with Gasteiger partial charge < -0.3 is 9.64 Å². The van der Waals surface area contributed by atoms with E-state index in [4.69, 9.17) is 16.3 Å². The van der Waals surface area contributed by atoms with E-state index in [0.717, 1.165) is 24.1 Å². The van der Waals surface area contributed by atoms with E-state index in [9.17, 15) is 9.59 Å². The molecule has 1 aliphatic carbocycles. The Bertz CT molecular complexity index is 783. The number of nitrogens with zero attached hydrogens (tertiary/aromatic N) is 1. The Balaban J connectivity index is 1.67. The van der Waals surface area contributed by atoms with Crippen molar-refractivity contribution < 1.29 is 14.3 Å². The van der Waals surface area contributed by atoms with Gasteiger partial charge in [0.2, 0.25) is 0 Å². The smallest absolute Gasteiger partial charge is 0.317 e. The minimum absolute atomic E-state index is 0.0326. The van der Waals surface area contributed by atoms with E-state index in [0.29, 0.717) is 5.02 Å². The number of rotatable bonds is 6. The summed E-state index contributed by atoms with van der Waals surface area (Å²) in [6, 6.07) is 16.6. The second kappa shape index (κ2) is 7.50. The largest absolute Gasteiger partial charge is 0.455 e. The lowest BCUT2D eigenvalue weighted by Crippen LogP contribution is -2.40. The molecule has 0 N–H and O–H groups in total. The quantitative estimate of drug-likeness (QED) is 0.709. The van der Waals surface area contributed by atoms with Gasteiger partial charge in [0.15, 0.2) is 6.61 Å². The Labute approximate surface area is 158 Å². The van der Waals surface area contributed by atoms with Crippen LogP contribution in [0.4, 0.5) is 5.69 Å². The highest BCUT2D eigenvalue weighted by molar-refractivity contribution is 6.30. The molecule has 0 unspecified atom stereocenters. The molecule has 0 spiro atoms. The highest BCUT2D eigenvalue weighted by Crippen LogP contribution is 2.49. The molecule has 2 aromatic rings. The molecule has 136 valence electrons. The second-order valence-corrected chi connectivity index (χ2v) is 7.29. The zero-order valence-electron chi connectivity index (χ0n) is 14.9. The number of benzene rings is 2. The van der Waals surface area contributed by atoms with Crippen molar-refractivity contribution >= 4 is 29.2 Å². The van der Waals surface area contributed by atoms with Crippen LogP contribution in [0.5, 0.6) is 0 Å². The number of hydrogen-bond acceptors (Lipinski definition) is 3. The SMILES string of the molecule is CC(C)N(C(=O)COC(=O)C1(c2ccc(Cl)cc2)CC1)c1ccccc1. The predicted octanol–water partition coefficient (Wildman–Crippen LogP) is 4.36. The average molecular weight is 372 g/mol. The summed E-state index contributed by atoms with van der Waals surface area (Å²) in [4.78, 5) is 26.9. The first kappa shape index (κ1) is 18.5. The first-order valence-electron chi connectivity index (χ1n) is 8.74. The number of para-hydroxylation sites is 1. The summed E-state index contributed by atoms with van der Waals surface area (Å²) in [5, 5.41) is 0.628. The molecule has 3 rings (SSSR count). The van der Waals surface area contributed by atoms with E-state index in [1.165, 1.54) is 0 Å². The highest BCUT2D eigenvalue weighted by atomic mass is 35.5. The number of amides is 1. The van der Waals surface area contributed by atoms with Crippen molar-refractivity contribution in [3.8, 4) is 0 Å². The van der Waals surface area contributed by atoms with Crippen LogP contribution in [0.25, 0.3) is 0 Å². The van der Waals surface area contributed by atoms with Crippen molar-refractivity contribution in [3.05, 3.63) is 65.2 Å². The molecule has 1 saturated carbocycles.